The zero-order valence-electron chi connectivity index (χ0n) is 10.4. The van der Waals surface area contributed by atoms with Gasteiger partial charge in [0, 0.05) is 39.7 Å². The van der Waals surface area contributed by atoms with Gasteiger partial charge in [0.2, 0.25) is 0 Å². The third kappa shape index (κ3) is 6.17. The van der Waals surface area contributed by atoms with Gasteiger partial charge in [-0.25, -0.2) is 0 Å². The van der Waals surface area contributed by atoms with Crippen molar-refractivity contribution in [2.45, 2.75) is 19.4 Å². The zero-order chi connectivity index (χ0) is 12.4. The Balaban J connectivity index is 3.74. The van der Waals surface area contributed by atoms with Gasteiger partial charge in [-0.05, 0) is 13.3 Å². The van der Waals surface area contributed by atoms with E-state index >= 15 is 0 Å². The van der Waals surface area contributed by atoms with E-state index in [1.807, 2.05) is 6.92 Å². The molecule has 0 unspecified atom stereocenters. The standard InChI is InChI=1S/C9H21NO3S2Si/c1-5-10-9(14)15-7-6-8-16(11-2,12-3)13-4/h5-8H2,1-4H3,(H,10,14). The van der Waals surface area contributed by atoms with Gasteiger partial charge in [0.1, 0.15) is 4.32 Å². The van der Waals surface area contributed by atoms with Crippen molar-refractivity contribution < 1.29 is 13.3 Å². The van der Waals surface area contributed by atoms with Gasteiger partial charge in [-0.3, -0.25) is 0 Å². The van der Waals surface area contributed by atoms with E-state index < -0.39 is 8.80 Å². The van der Waals surface area contributed by atoms with Crippen LogP contribution >= 0.6 is 24.0 Å². The van der Waals surface area contributed by atoms with Crippen LogP contribution in [0.15, 0.2) is 0 Å². The summed E-state index contributed by atoms with van der Waals surface area (Å²) in [6, 6.07) is 0.818. The van der Waals surface area contributed by atoms with Gasteiger partial charge >= 0.3 is 8.80 Å². The first-order valence-corrected chi connectivity index (χ1v) is 8.52. The first-order valence-electron chi connectivity index (χ1n) is 5.20. The quantitative estimate of drug-likeness (QED) is 0.417. The van der Waals surface area contributed by atoms with Gasteiger partial charge in [0.15, 0.2) is 0 Å². The molecule has 1 N–H and O–H groups in total. The smallest absolute Gasteiger partial charge is 0.377 e. The van der Waals surface area contributed by atoms with Gasteiger partial charge in [-0.15, -0.1) is 0 Å². The molecule has 7 heteroatoms. The molecule has 0 rings (SSSR count). The molecule has 0 spiro atoms. The van der Waals surface area contributed by atoms with E-state index in [4.69, 9.17) is 25.5 Å². The van der Waals surface area contributed by atoms with Crippen molar-refractivity contribution in [3.05, 3.63) is 0 Å². The summed E-state index contributed by atoms with van der Waals surface area (Å²) in [5.74, 6) is 0.955. The number of hydrogen-bond acceptors (Lipinski definition) is 5. The van der Waals surface area contributed by atoms with Crippen LogP contribution in [0.25, 0.3) is 0 Å². The molecule has 0 heterocycles. The summed E-state index contributed by atoms with van der Waals surface area (Å²) in [4.78, 5) is 0. The lowest BCUT2D eigenvalue weighted by molar-refractivity contribution is 0.123. The molecule has 0 aliphatic carbocycles. The first-order chi connectivity index (χ1) is 7.64. The van der Waals surface area contributed by atoms with Crippen LogP contribution < -0.4 is 5.32 Å². The largest absolute Gasteiger partial charge is 0.500 e. The molecule has 0 aliphatic rings. The third-order valence-corrected chi connectivity index (χ3v) is 6.34. The van der Waals surface area contributed by atoms with Crippen molar-refractivity contribution in [1.29, 1.82) is 0 Å². The van der Waals surface area contributed by atoms with Crippen molar-refractivity contribution in [1.82, 2.24) is 5.32 Å². The number of hydrogen-bond donors (Lipinski definition) is 1. The molecule has 0 fully saturated rings. The van der Waals surface area contributed by atoms with E-state index in [2.05, 4.69) is 5.32 Å². The molecule has 0 aromatic heterocycles. The Morgan fingerprint density at radius 2 is 1.81 bits per heavy atom. The molecular formula is C9H21NO3S2Si. The monoisotopic (exact) mass is 283 g/mol. The highest BCUT2D eigenvalue weighted by Gasteiger charge is 2.36. The Morgan fingerprint density at radius 1 is 1.25 bits per heavy atom. The van der Waals surface area contributed by atoms with Crippen LogP contribution in [0.2, 0.25) is 6.04 Å². The van der Waals surface area contributed by atoms with Gasteiger partial charge in [0.05, 0.1) is 0 Å². The molecule has 0 saturated heterocycles. The van der Waals surface area contributed by atoms with E-state index in [0.29, 0.717) is 0 Å². The lowest BCUT2D eigenvalue weighted by Gasteiger charge is -2.24. The Bertz CT molecular complexity index is 195. The molecule has 0 aliphatic heterocycles. The Kier molecular flexibility index (Phi) is 9.57. The fourth-order valence-corrected chi connectivity index (χ4v) is 4.30. The third-order valence-electron chi connectivity index (χ3n) is 2.11. The Hall–Kier alpha value is 0.337. The molecule has 0 saturated carbocycles. The average Bonchev–Trinajstić information content (AvgIpc) is 2.31. The summed E-state index contributed by atoms with van der Waals surface area (Å²) in [7, 11) is 2.52. The topological polar surface area (TPSA) is 39.7 Å². The van der Waals surface area contributed by atoms with Crippen molar-refractivity contribution in [2.75, 3.05) is 33.6 Å². The summed E-state index contributed by atoms with van der Waals surface area (Å²) in [5, 5.41) is 3.10. The lowest BCUT2D eigenvalue weighted by atomic mass is 10.6. The molecule has 96 valence electrons. The van der Waals surface area contributed by atoms with Crippen molar-refractivity contribution in [2.24, 2.45) is 0 Å². The highest BCUT2D eigenvalue weighted by Crippen LogP contribution is 2.17. The highest BCUT2D eigenvalue weighted by molar-refractivity contribution is 8.22. The maximum absolute atomic E-state index is 5.33. The Labute approximate surface area is 109 Å². The molecule has 0 aromatic carbocycles. The molecule has 0 atom stereocenters. The van der Waals surface area contributed by atoms with Crippen LogP contribution in [-0.4, -0.2) is 46.8 Å². The first kappa shape index (κ1) is 16.3. The van der Waals surface area contributed by atoms with Crippen LogP contribution in [0.4, 0.5) is 0 Å². The van der Waals surface area contributed by atoms with E-state index in [9.17, 15) is 0 Å². The van der Waals surface area contributed by atoms with Crippen LogP contribution in [-0.2, 0) is 13.3 Å². The number of nitrogens with one attached hydrogen (secondary N) is 1. The lowest BCUT2D eigenvalue weighted by Crippen LogP contribution is -2.42. The zero-order valence-corrected chi connectivity index (χ0v) is 13.0. The summed E-state index contributed by atoms with van der Waals surface area (Å²) in [6.45, 7) is 2.91. The maximum Gasteiger partial charge on any atom is 0.500 e. The maximum atomic E-state index is 5.33. The molecule has 0 radical (unpaired) electrons. The van der Waals surface area contributed by atoms with Crippen molar-refractivity contribution in [3.8, 4) is 0 Å². The van der Waals surface area contributed by atoms with E-state index in [1.54, 1.807) is 33.1 Å². The van der Waals surface area contributed by atoms with Crippen LogP contribution in [0, 0.1) is 0 Å². The molecular weight excluding hydrogens is 262 g/mol. The predicted molar refractivity (Wildman–Crippen MR) is 74.9 cm³/mol. The molecule has 0 bridgehead atoms. The molecule has 16 heavy (non-hydrogen) atoms. The predicted octanol–water partition coefficient (Wildman–Crippen LogP) is 1.88. The second-order valence-corrected chi connectivity index (χ2v) is 7.93. The SMILES string of the molecule is CCNC(=S)SCCC[Si](OC)(OC)OC. The second-order valence-electron chi connectivity index (χ2n) is 3.07. The van der Waals surface area contributed by atoms with E-state index in [0.717, 1.165) is 29.1 Å². The van der Waals surface area contributed by atoms with E-state index in [1.165, 1.54) is 0 Å². The molecule has 0 amide bonds. The molecule has 4 nitrogen and oxygen atoms in total. The normalized spacial score (nSPS) is 11.5. The summed E-state index contributed by atoms with van der Waals surface area (Å²) in [6.07, 6.45) is 0.970. The van der Waals surface area contributed by atoms with Gasteiger partial charge in [-0.2, -0.15) is 0 Å². The van der Waals surface area contributed by atoms with Gasteiger partial charge < -0.3 is 18.6 Å². The number of thioether (sulfide) groups is 1. The number of thiocarbonyl (C=S) groups is 1. The summed E-state index contributed by atoms with van der Waals surface area (Å²) >= 11 is 6.76. The van der Waals surface area contributed by atoms with Crippen LogP contribution in [0.1, 0.15) is 13.3 Å². The minimum atomic E-state index is -2.38. The fourth-order valence-electron chi connectivity index (χ4n) is 1.21. The molecule has 0 aromatic rings. The fraction of sp³-hybridized carbons (Fsp3) is 0.889. The van der Waals surface area contributed by atoms with Crippen molar-refractivity contribution >= 4 is 37.1 Å². The van der Waals surface area contributed by atoms with Crippen molar-refractivity contribution in [3.63, 3.8) is 0 Å². The minimum Gasteiger partial charge on any atom is -0.377 e. The summed E-state index contributed by atoms with van der Waals surface area (Å²) in [5.41, 5.74) is 0. The minimum absolute atomic E-state index is 0.818. The number of rotatable bonds is 8. The summed E-state index contributed by atoms with van der Waals surface area (Å²) < 4.78 is 16.8. The van der Waals surface area contributed by atoms with E-state index in [-0.39, 0.29) is 0 Å². The van der Waals surface area contributed by atoms with Gasteiger partial charge in [-0.1, -0.05) is 24.0 Å². The van der Waals surface area contributed by atoms with Gasteiger partial charge in [0.25, 0.3) is 0 Å². The highest BCUT2D eigenvalue weighted by atomic mass is 32.2. The van der Waals surface area contributed by atoms with Crippen LogP contribution in [0.5, 0.6) is 0 Å². The second kappa shape index (κ2) is 9.38. The average molecular weight is 283 g/mol. The Morgan fingerprint density at radius 3 is 2.25 bits per heavy atom. The van der Waals surface area contributed by atoms with Crippen LogP contribution in [0.3, 0.4) is 0 Å².